The minimum atomic E-state index is 0.101. The molecule has 0 unspecified atom stereocenters. The number of nitrogens with zero attached hydrogens (tertiary/aromatic N) is 1. The van der Waals surface area contributed by atoms with Crippen LogP contribution >= 0.6 is 12.2 Å². The van der Waals surface area contributed by atoms with Gasteiger partial charge in [0.1, 0.15) is 17.0 Å². The van der Waals surface area contributed by atoms with E-state index in [4.69, 9.17) is 21.7 Å². The van der Waals surface area contributed by atoms with Crippen LogP contribution in [0, 0.1) is 5.92 Å². The SMILES string of the molecule is COc1ccc([C@@H](CC(C)C)NC(=S)Nc2ccc(OC)c3ncccc23)cc1. The Labute approximate surface area is 177 Å². The van der Waals surface area contributed by atoms with Gasteiger partial charge < -0.3 is 20.1 Å². The Bertz CT molecular complexity index is 974. The predicted octanol–water partition coefficient (Wildman–Crippen LogP) is 5.33. The van der Waals surface area contributed by atoms with Crippen molar-refractivity contribution in [3.8, 4) is 11.5 Å². The molecule has 0 aliphatic carbocycles. The summed E-state index contributed by atoms with van der Waals surface area (Å²) >= 11 is 5.64. The minimum absolute atomic E-state index is 0.101. The van der Waals surface area contributed by atoms with Gasteiger partial charge in [-0.1, -0.05) is 26.0 Å². The molecule has 0 saturated carbocycles. The fourth-order valence-corrected chi connectivity index (χ4v) is 3.58. The number of hydrogen-bond donors (Lipinski definition) is 2. The highest BCUT2D eigenvalue weighted by molar-refractivity contribution is 7.80. The van der Waals surface area contributed by atoms with E-state index in [1.54, 1.807) is 20.4 Å². The number of hydrogen-bond acceptors (Lipinski definition) is 4. The van der Waals surface area contributed by atoms with Gasteiger partial charge in [-0.2, -0.15) is 0 Å². The summed E-state index contributed by atoms with van der Waals surface area (Å²) in [6.45, 7) is 4.41. The summed E-state index contributed by atoms with van der Waals surface area (Å²) in [5.41, 5.74) is 2.87. The molecule has 0 amide bonds. The number of thiocarbonyl (C=S) groups is 1. The quantitative estimate of drug-likeness (QED) is 0.515. The monoisotopic (exact) mass is 409 g/mol. The lowest BCUT2D eigenvalue weighted by Gasteiger charge is -2.23. The highest BCUT2D eigenvalue weighted by atomic mass is 32.1. The molecule has 0 bridgehead atoms. The van der Waals surface area contributed by atoms with E-state index in [2.05, 4.69) is 41.6 Å². The average molecular weight is 410 g/mol. The molecule has 0 aliphatic heterocycles. The van der Waals surface area contributed by atoms with E-state index in [1.165, 1.54) is 5.56 Å². The number of ether oxygens (including phenoxy) is 2. The van der Waals surface area contributed by atoms with Crippen LogP contribution in [0.3, 0.4) is 0 Å². The summed E-state index contributed by atoms with van der Waals surface area (Å²) in [6.07, 6.45) is 2.71. The van der Waals surface area contributed by atoms with E-state index in [0.717, 1.165) is 34.5 Å². The zero-order valence-corrected chi connectivity index (χ0v) is 18.0. The molecule has 5 nitrogen and oxygen atoms in total. The van der Waals surface area contributed by atoms with Crippen molar-refractivity contribution >= 4 is 33.9 Å². The third-order valence-corrected chi connectivity index (χ3v) is 4.95. The highest BCUT2D eigenvalue weighted by Crippen LogP contribution is 2.30. The summed E-state index contributed by atoms with van der Waals surface area (Å²) in [5, 5.41) is 8.33. The molecule has 2 aromatic carbocycles. The van der Waals surface area contributed by atoms with E-state index in [1.807, 2.05) is 36.4 Å². The van der Waals surface area contributed by atoms with E-state index >= 15 is 0 Å². The third kappa shape index (κ3) is 5.15. The van der Waals surface area contributed by atoms with Crippen molar-refractivity contribution in [3.05, 3.63) is 60.3 Å². The van der Waals surface area contributed by atoms with Gasteiger partial charge in [-0.25, -0.2) is 0 Å². The Morgan fingerprint density at radius 2 is 1.79 bits per heavy atom. The molecule has 2 N–H and O–H groups in total. The fourth-order valence-electron chi connectivity index (χ4n) is 3.32. The molecule has 152 valence electrons. The first-order valence-corrected chi connectivity index (χ1v) is 10.1. The second-order valence-electron chi connectivity index (χ2n) is 7.27. The molecule has 6 heteroatoms. The summed E-state index contributed by atoms with van der Waals surface area (Å²) in [4.78, 5) is 4.44. The van der Waals surface area contributed by atoms with Crippen LogP contribution in [-0.4, -0.2) is 24.3 Å². The number of methoxy groups -OCH3 is 2. The molecule has 1 heterocycles. The van der Waals surface area contributed by atoms with Crippen molar-refractivity contribution in [1.82, 2.24) is 10.3 Å². The molecule has 1 atom stereocenters. The molecule has 3 rings (SSSR count). The maximum absolute atomic E-state index is 5.64. The summed E-state index contributed by atoms with van der Waals surface area (Å²) in [6, 6.07) is 16.0. The zero-order chi connectivity index (χ0) is 20.8. The topological polar surface area (TPSA) is 55.4 Å². The van der Waals surface area contributed by atoms with Gasteiger partial charge in [0.05, 0.1) is 20.3 Å². The lowest BCUT2D eigenvalue weighted by Crippen LogP contribution is -2.33. The number of nitrogens with one attached hydrogen (secondary N) is 2. The molecule has 0 saturated heterocycles. The van der Waals surface area contributed by atoms with E-state index in [9.17, 15) is 0 Å². The lowest BCUT2D eigenvalue weighted by molar-refractivity contribution is 0.414. The van der Waals surface area contributed by atoms with E-state index in [-0.39, 0.29) is 6.04 Å². The van der Waals surface area contributed by atoms with Gasteiger partial charge in [0.15, 0.2) is 5.11 Å². The van der Waals surface area contributed by atoms with Gasteiger partial charge in [0, 0.05) is 17.3 Å². The predicted molar refractivity (Wildman–Crippen MR) is 123 cm³/mol. The lowest BCUT2D eigenvalue weighted by atomic mass is 9.97. The Morgan fingerprint density at radius 3 is 2.45 bits per heavy atom. The Hall–Kier alpha value is -2.86. The Kier molecular flexibility index (Phi) is 6.88. The smallest absolute Gasteiger partial charge is 0.171 e. The molecule has 3 aromatic rings. The number of pyridine rings is 1. The van der Waals surface area contributed by atoms with E-state index < -0.39 is 0 Å². The first kappa shape index (κ1) is 20.9. The first-order valence-electron chi connectivity index (χ1n) is 9.65. The highest BCUT2D eigenvalue weighted by Gasteiger charge is 2.16. The summed E-state index contributed by atoms with van der Waals surface area (Å²) in [7, 11) is 3.32. The first-order chi connectivity index (χ1) is 14.0. The normalized spacial score (nSPS) is 11.9. The van der Waals surface area contributed by atoms with Crippen LogP contribution in [0.15, 0.2) is 54.7 Å². The number of fused-ring (bicyclic) bond motifs is 1. The van der Waals surface area contributed by atoms with E-state index in [0.29, 0.717) is 11.0 Å². The third-order valence-electron chi connectivity index (χ3n) is 4.73. The molecule has 0 spiro atoms. The maximum atomic E-state index is 5.64. The standard InChI is InChI=1S/C23H27N3O2S/c1-15(2)14-20(16-7-9-17(27-3)10-8-16)26-23(29)25-19-11-12-21(28-4)22-18(19)6-5-13-24-22/h5-13,15,20H,14H2,1-4H3,(H2,25,26,29)/t20-/m1/s1. The Morgan fingerprint density at radius 1 is 1.03 bits per heavy atom. The summed E-state index contributed by atoms with van der Waals surface area (Å²) in [5.74, 6) is 2.10. The van der Waals surface area contributed by atoms with Crippen LogP contribution in [0.5, 0.6) is 11.5 Å². The maximum Gasteiger partial charge on any atom is 0.171 e. The largest absolute Gasteiger partial charge is 0.497 e. The van der Waals surface area contributed by atoms with Crippen LogP contribution in [-0.2, 0) is 0 Å². The zero-order valence-electron chi connectivity index (χ0n) is 17.2. The van der Waals surface area contributed by atoms with Gasteiger partial charge >= 0.3 is 0 Å². The minimum Gasteiger partial charge on any atom is -0.497 e. The molecule has 0 radical (unpaired) electrons. The number of benzene rings is 2. The average Bonchev–Trinajstić information content (AvgIpc) is 2.73. The van der Waals surface area contributed by atoms with Crippen LogP contribution in [0.2, 0.25) is 0 Å². The van der Waals surface area contributed by atoms with Crippen molar-refractivity contribution in [1.29, 1.82) is 0 Å². The molecular weight excluding hydrogens is 382 g/mol. The van der Waals surface area contributed by atoms with Gasteiger partial charge in [-0.05, 0) is 66.5 Å². The number of rotatable bonds is 7. The fraction of sp³-hybridized carbons (Fsp3) is 0.304. The molecule has 0 aliphatic rings. The van der Waals surface area contributed by atoms with Gasteiger partial charge in [-0.15, -0.1) is 0 Å². The van der Waals surface area contributed by atoms with Crippen LogP contribution in [0.25, 0.3) is 10.9 Å². The molecule has 0 fully saturated rings. The van der Waals surface area contributed by atoms with Crippen molar-refractivity contribution in [2.75, 3.05) is 19.5 Å². The van der Waals surface area contributed by atoms with Crippen molar-refractivity contribution in [3.63, 3.8) is 0 Å². The summed E-state index contributed by atoms with van der Waals surface area (Å²) < 4.78 is 10.7. The molecule has 29 heavy (non-hydrogen) atoms. The van der Waals surface area contributed by atoms with Crippen LogP contribution < -0.4 is 20.1 Å². The van der Waals surface area contributed by atoms with Gasteiger partial charge in [0.2, 0.25) is 0 Å². The number of anilines is 1. The Balaban J connectivity index is 1.80. The van der Waals surface area contributed by atoms with Crippen molar-refractivity contribution < 1.29 is 9.47 Å². The molecule has 1 aromatic heterocycles. The second kappa shape index (κ2) is 9.56. The van der Waals surface area contributed by atoms with Crippen molar-refractivity contribution in [2.45, 2.75) is 26.3 Å². The number of aromatic nitrogens is 1. The second-order valence-corrected chi connectivity index (χ2v) is 7.68. The van der Waals surface area contributed by atoms with Gasteiger partial charge in [-0.3, -0.25) is 4.98 Å². The van der Waals surface area contributed by atoms with Crippen LogP contribution in [0.1, 0.15) is 31.9 Å². The van der Waals surface area contributed by atoms with Crippen LogP contribution in [0.4, 0.5) is 5.69 Å². The van der Waals surface area contributed by atoms with Gasteiger partial charge in [0.25, 0.3) is 0 Å². The molecular formula is C23H27N3O2S. The van der Waals surface area contributed by atoms with Crippen molar-refractivity contribution in [2.24, 2.45) is 5.92 Å².